The number of amides is 1. The number of hydrogen-bond acceptors (Lipinski definition) is 2. The standard InChI is InChI=1S/C15H17N3O/c19-15(18-13-6-9-1-2-10(13)5-9)12-7-11-3-4-16-14(11)17-8-12/h3-4,7-10,13H,1-2,5-6H2,(H,16,17)(H,18,19). The Kier molecular flexibility index (Phi) is 2.37. The molecule has 2 heterocycles. The molecular weight excluding hydrogens is 238 g/mol. The maximum absolute atomic E-state index is 12.3. The van der Waals surface area contributed by atoms with Gasteiger partial charge in [0.2, 0.25) is 0 Å². The molecule has 4 heteroatoms. The second kappa shape index (κ2) is 4.08. The van der Waals surface area contributed by atoms with E-state index in [1.165, 1.54) is 19.3 Å². The summed E-state index contributed by atoms with van der Waals surface area (Å²) in [5.74, 6) is 1.58. The summed E-state index contributed by atoms with van der Waals surface area (Å²) in [6.45, 7) is 0. The molecule has 4 nitrogen and oxygen atoms in total. The quantitative estimate of drug-likeness (QED) is 0.866. The number of carbonyl (C=O) groups excluding carboxylic acids is 1. The summed E-state index contributed by atoms with van der Waals surface area (Å²) in [5, 5.41) is 4.18. The molecule has 2 aliphatic carbocycles. The molecule has 2 saturated carbocycles. The molecule has 0 saturated heterocycles. The Morgan fingerprint density at radius 3 is 3.11 bits per heavy atom. The number of carbonyl (C=O) groups is 1. The van der Waals surface area contributed by atoms with Crippen LogP contribution in [0, 0.1) is 11.8 Å². The number of nitrogens with one attached hydrogen (secondary N) is 2. The summed E-state index contributed by atoms with van der Waals surface area (Å²) in [6, 6.07) is 4.23. The van der Waals surface area contributed by atoms with Crippen LogP contribution in [0.4, 0.5) is 0 Å². The van der Waals surface area contributed by atoms with Gasteiger partial charge in [-0.1, -0.05) is 6.42 Å². The van der Waals surface area contributed by atoms with E-state index in [-0.39, 0.29) is 5.91 Å². The van der Waals surface area contributed by atoms with E-state index in [9.17, 15) is 4.79 Å². The summed E-state index contributed by atoms with van der Waals surface area (Å²) in [6.07, 6.45) is 8.60. The molecule has 98 valence electrons. The SMILES string of the molecule is O=C(NC1CC2CCC1C2)c1cnc2[nH]ccc2c1. The number of fused-ring (bicyclic) bond motifs is 3. The van der Waals surface area contributed by atoms with E-state index >= 15 is 0 Å². The summed E-state index contributed by atoms with van der Waals surface area (Å²) >= 11 is 0. The summed E-state index contributed by atoms with van der Waals surface area (Å²) in [7, 11) is 0. The van der Waals surface area contributed by atoms with E-state index in [1.54, 1.807) is 6.20 Å². The Hall–Kier alpha value is -1.84. The van der Waals surface area contributed by atoms with Crippen molar-refractivity contribution in [1.29, 1.82) is 0 Å². The molecule has 0 spiro atoms. The monoisotopic (exact) mass is 255 g/mol. The molecule has 19 heavy (non-hydrogen) atoms. The van der Waals surface area contributed by atoms with Gasteiger partial charge in [0, 0.05) is 23.8 Å². The molecule has 0 radical (unpaired) electrons. The van der Waals surface area contributed by atoms with E-state index in [4.69, 9.17) is 0 Å². The van der Waals surface area contributed by atoms with E-state index < -0.39 is 0 Å². The minimum atomic E-state index is 0.0214. The van der Waals surface area contributed by atoms with Crippen LogP contribution in [0.5, 0.6) is 0 Å². The van der Waals surface area contributed by atoms with Crippen LogP contribution in [-0.4, -0.2) is 21.9 Å². The van der Waals surface area contributed by atoms with Gasteiger partial charge >= 0.3 is 0 Å². The van der Waals surface area contributed by atoms with Crippen LogP contribution in [0.1, 0.15) is 36.0 Å². The highest BCUT2D eigenvalue weighted by molar-refractivity contribution is 5.97. The van der Waals surface area contributed by atoms with Crippen molar-refractivity contribution >= 4 is 16.9 Å². The van der Waals surface area contributed by atoms with Crippen LogP contribution in [-0.2, 0) is 0 Å². The molecule has 3 atom stereocenters. The second-order valence-electron chi connectivity index (χ2n) is 5.89. The molecule has 3 unspecified atom stereocenters. The molecule has 0 aromatic carbocycles. The van der Waals surface area contributed by atoms with Gasteiger partial charge in [0.1, 0.15) is 5.65 Å². The van der Waals surface area contributed by atoms with Crippen molar-refractivity contribution in [2.24, 2.45) is 11.8 Å². The van der Waals surface area contributed by atoms with Crippen molar-refractivity contribution in [3.63, 3.8) is 0 Å². The van der Waals surface area contributed by atoms with E-state index in [0.29, 0.717) is 17.5 Å². The minimum absolute atomic E-state index is 0.0214. The predicted molar refractivity (Wildman–Crippen MR) is 72.8 cm³/mol. The first-order valence-corrected chi connectivity index (χ1v) is 7.03. The Morgan fingerprint density at radius 2 is 2.32 bits per heavy atom. The molecule has 2 bridgehead atoms. The molecule has 2 aromatic heterocycles. The number of H-pyrrole nitrogens is 1. The third-order valence-electron chi connectivity index (χ3n) is 4.72. The lowest BCUT2D eigenvalue weighted by atomic mass is 9.95. The van der Waals surface area contributed by atoms with Crippen molar-refractivity contribution in [3.05, 3.63) is 30.1 Å². The molecule has 1 amide bonds. The number of nitrogens with zero attached hydrogens (tertiary/aromatic N) is 1. The molecule has 2 fully saturated rings. The average molecular weight is 255 g/mol. The van der Waals surface area contributed by atoms with E-state index in [0.717, 1.165) is 23.4 Å². The fourth-order valence-corrected chi connectivity index (χ4v) is 3.74. The van der Waals surface area contributed by atoms with Gasteiger partial charge in [-0.3, -0.25) is 4.79 Å². The zero-order valence-corrected chi connectivity index (χ0v) is 10.7. The van der Waals surface area contributed by atoms with Crippen molar-refractivity contribution in [2.45, 2.75) is 31.7 Å². The van der Waals surface area contributed by atoms with Gasteiger partial charge in [0.05, 0.1) is 5.56 Å². The Labute approximate surface area is 111 Å². The number of aromatic nitrogens is 2. The van der Waals surface area contributed by atoms with Crippen LogP contribution in [0.15, 0.2) is 24.5 Å². The van der Waals surface area contributed by atoms with Crippen molar-refractivity contribution in [2.75, 3.05) is 0 Å². The third-order valence-corrected chi connectivity index (χ3v) is 4.72. The molecule has 2 N–H and O–H groups in total. The Morgan fingerprint density at radius 1 is 1.37 bits per heavy atom. The number of aromatic amines is 1. The first-order chi connectivity index (χ1) is 9.29. The first kappa shape index (κ1) is 11.0. The average Bonchev–Trinajstić information content (AvgIpc) is 3.13. The minimum Gasteiger partial charge on any atom is -0.349 e. The highest BCUT2D eigenvalue weighted by Crippen LogP contribution is 2.44. The summed E-state index contributed by atoms with van der Waals surface area (Å²) < 4.78 is 0. The van der Waals surface area contributed by atoms with E-state index in [2.05, 4.69) is 15.3 Å². The lowest BCUT2D eigenvalue weighted by Crippen LogP contribution is -2.38. The predicted octanol–water partition coefficient (Wildman–Crippen LogP) is 2.48. The second-order valence-corrected chi connectivity index (χ2v) is 5.89. The molecule has 2 aromatic rings. The Bertz CT molecular complexity index is 633. The van der Waals surface area contributed by atoms with Gasteiger partial charge in [-0.2, -0.15) is 0 Å². The van der Waals surface area contributed by atoms with Crippen LogP contribution >= 0.6 is 0 Å². The fraction of sp³-hybridized carbons (Fsp3) is 0.467. The fourth-order valence-electron chi connectivity index (χ4n) is 3.74. The smallest absolute Gasteiger partial charge is 0.253 e. The van der Waals surface area contributed by atoms with Crippen LogP contribution in [0.25, 0.3) is 11.0 Å². The largest absolute Gasteiger partial charge is 0.349 e. The maximum Gasteiger partial charge on any atom is 0.253 e. The van der Waals surface area contributed by atoms with Crippen LogP contribution < -0.4 is 5.32 Å². The lowest BCUT2D eigenvalue weighted by Gasteiger charge is -2.22. The van der Waals surface area contributed by atoms with Gasteiger partial charge < -0.3 is 10.3 Å². The summed E-state index contributed by atoms with van der Waals surface area (Å²) in [4.78, 5) is 19.6. The van der Waals surface area contributed by atoms with Gasteiger partial charge in [0.25, 0.3) is 5.91 Å². The molecule has 0 aliphatic heterocycles. The van der Waals surface area contributed by atoms with Crippen LogP contribution in [0.3, 0.4) is 0 Å². The normalized spacial score (nSPS) is 28.9. The maximum atomic E-state index is 12.3. The Balaban J connectivity index is 1.53. The molecular formula is C15H17N3O. The van der Waals surface area contributed by atoms with Gasteiger partial charge in [-0.25, -0.2) is 4.98 Å². The molecule has 2 aliphatic rings. The number of pyridine rings is 1. The van der Waals surface area contributed by atoms with Crippen LogP contribution in [0.2, 0.25) is 0 Å². The van der Waals surface area contributed by atoms with Crippen molar-refractivity contribution in [3.8, 4) is 0 Å². The van der Waals surface area contributed by atoms with Gasteiger partial charge in [-0.15, -0.1) is 0 Å². The van der Waals surface area contributed by atoms with E-state index in [1.807, 2.05) is 18.3 Å². The number of rotatable bonds is 2. The first-order valence-electron chi connectivity index (χ1n) is 7.03. The van der Waals surface area contributed by atoms with Crippen molar-refractivity contribution in [1.82, 2.24) is 15.3 Å². The van der Waals surface area contributed by atoms with Gasteiger partial charge in [-0.05, 0) is 43.2 Å². The topological polar surface area (TPSA) is 57.8 Å². The summed E-state index contributed by atoms with van der Waals surface area (Å²) in [5.41, 5.74) is 1.49. The number of hydrogen-bond donors (Lipinski definition) is 2. The zero-order chi connectivity index (χ0) is 12.8. The highest BCUT2D eigenvalue weighted by Gasteiger charge is 2.40. The van der Waals surface area contributed by atoms with Crippen molar-refractivity contribution < 1.29 is 4.79 Å². The zero-order valence-electron chi connectivity index (χ0n) is 10.7. The van der Waals surface area contributed by atoms with Gasteiger partial charge in [0.15, 0.2) is 0 Å². The molecule has 4 rings (SSSR count). The lowest BCUT2D eigenvalue weighted by molar-refractivity contribution is 0.0922. The third kappa shape index (κ3) is 1.82. The highest BCUT2D eigenvalue weighted by atomic mass is 16.1.